The van der Waals surface area contributed by atoms with Gasteiger partial charge in [-0.25, -0.2) is 13.9 Å². The molecule has 0 amide bonds. The third-order valence-corrected chi connectivity index (χ3v) is 3.89. The van der Waals surface area contributed by atoms with Crippen LogP contribution in [0.25, 0.3) is 11.3 Å². The summed E-state index contributed by atoms with van der Waals surface area (Å²) < 4.78 is 3.79. The van der Waals surface area contributed by atoms with Gasteiger partial charge in [-0.05, 0) is 31.5 Å². The maximum Gasteiger partial charge on any atom is 0.351 e. The molecular formula is C16H13ClN4O2. The fourth-order valence-corrected chi connectivity index (χ4v) is 2.38. The van der Waals surface area contributed by atoms with Crippen molar-refractivity contribution in [1.82, 2.24) is 18.7 Å². The summed E-state index contributed by atoms with van der Waals surface area (Å²) in [6.07, 6.45) is 3.03. The highest BCUT2D eigenvalue weighted by molar-refractivity contribution is 6.31. The van der Waals surface area contributed by atoms with Crippen LogP contribution in [0.15, 0.2) is 40.2 Å². The van der Waals surface area contributed by atoms with Gasteiger partial charge in [0, 0.05) is 17.4 Å². The molecule has 0 fully saturated rings. The van der Waals surface area contributed by atoms with Crippen molar-refractivity contribution in [3.63, 3.8) is 0 Å². The van der Waals surface area contributed by atoms with Crippen LogP contribution in [0.1, 0.15) is 12.5 Å². The van der Waals surface area contributed by atoms with Crippen molar-refractivity contribution in [2.45, 2.75) is 20.4 Å². The second-order valence-corrected chi connectivity index (χ2v) is 5.37. The Balaban J connectivity index is 2.22. The van der Waals surface area contributed by atoms with Crippen LogP contribution in [0.3, 0.4) is 0 Å². The lowest BCUT2D eigenvalue weighted by Gasteiger charge is -2.07. The van der Waals surface area contributed by atoms with E-state index in [1.54, 1.807) is 19.1 Å². The molecule has 2 aromatic heterocycles. The van der Waals surface area contributed by atoms with Gasteiger partial charge in [-0.15, -0.1) is 11.0 Å². The minimum Gasteiger partial charge on any atom is -0.280 e. The third-order valence-electron chi connectivity index (χ3n) is 3.48. The molecule has 0 aliphatic heterocycles. The van der Waals surface area contributed by atoms with Gasteiger partial charge in [0.1, 0.15) is 6.54 Å². The minimum absolute atomic E-state index is 0.0482. The van der Waals surface area contributed by atoms with Crippen LogP contribution in [0.4, 0.5) is 0 Å². The summed E-state index contributed by atoms with van der Waals surface area (Å²) in [6.45, 7) is 3.70. The van der Waals surface area contributed by atoms with Gasteiger partial charge >= 0.3 is 11.2 Å². The largest absolute Gasteiger partial charge is 0.351 e. The zero-order chi connectivity index (χ0) is 16.6. The van der Waals surface area contributed by atoms with Gasteiger partial charge in [0.15, 0.2) is 0 Å². The highest BCUT2D eigenvalue weighted by atomic mass is 35.5. The molecule has 0 saturated carbocycles. The van der Waals surface area contributed by atoms with Crippen molar-refractivity contribution >= 4 is 17.2 Å². The predicted molar refractivity (Wildman–Crippen MR) is 88.2 cm³/mol. The summed E-state index contributed by atoms with van der Waals surface area (Å²) in [5.41, 5.74) is 0.792. The number of benzene rings is 1. The van der Waals surface area contributed by atoms with E-state index in [1.165, 1.54) is 26.0 Å². The average Bonchev–Trinajstić information content (AvgIpc) is 2.86. The Kier molecular flexibility index (Phi) is 3.80. The number of aryl methyl sites for hydroxylation is 1. The van der Waals surface area contributed by atoms with Crippen molar-refractivity contribution < 1.29 is 0 Å². The fourth-order valence-electron chi connectivity index (χ4n) is 2.20. The Morgan fingerprint density at radius 1 is 1.26 bits per heavy atom. The van der Waals surface area contributed by atoms with Crippen LogP contribution in [0.5, 0.6) is 0 Å². The van der Waals surface area contributed by atoms with Crippen molar-refractivity contribution in [3.8, 4) is 17.5 Å². The first-order valence-electron chi connectivity index (χ1n) is 6.90. The van der Waals surface area contributed by atoms with E-state index < -0.39 is 11.2 Å². The van der Waals surface area contributed by atoms with E-state index in [2.05, 4.69) is 16.9 Å². The lowest BCUT2D eigenvalue weighted by Crippen LogP contribution is -2.24. The smallest absolute Gasteiger partial charge is 0.280 e. The average molecular weight is 329 g/mol. The number of hydrogen-bond donors (Lipinski definition) is 0. The molecule has 0 unspecified atom stereocenters. The van der Waals surface area contributed by atoms with Crippen LogP contribution < -0.4 is 11.2 Å². The van der Waals surface area contributed by atoms with Gasteiger partial charge in [-0.2, -0.15) is 0 Å². The van der Waals surface area contributed by atoms with Crippen molar-refractivity contribution in [2.24, 2.45) is 0 Å². The molecule has 6 nitrogen and oxygen atoms in total. The molecule has 116 valence electrons. The summed E-state index contributed by atoms with van der Waals surface area (Å²) >= 11 is 6.12. The molecule has 0 aliphatic carbocycles. The molecular weight excluding hydrogens is 316 g/mol. The summed E-state index contributed by atoms with van der Waals surface area (Å²) in [7, 11) is 0. The van der Waals surface area contributed by atoms with Crippen molar-refractivity contribution in [3.05, 3.63) is 62.0 Å². The molecule has 1 aromatic carbocycles. The Morgan fingerprint density at radius 2 is 2.04 bits per heavy atom. The standard InChI is InChI=1S/C16H13ClN4O2/c1-3-4-7-21-16(23)20-9-8-19(15(22)14(20)18-21)12-6-5-11(2)13(17)10-12/h5-6,8-10H,7H2,1-2H3. The van der Waals surface area contributed by atoms with E-state index >= 15 is 0 Å². The monoisotopic (exact) mass is 328 g/mol. The van der Waals surface area contributed by atoms with Crippen LogP contribution in [0, 0.1) is 18.8 Å². The van der Waals surface area contributed by atoms with Gasteiger partial charge in [0.05, 0.1) is 5.69 Å². The Morgan fingerprint density at radius 3 is 2.74 bits per heavy atom. The zero-order valence-electron chi connectivity index (χ0n) is 12.6. The summed E-state index contributed by atoms with van der Waals surface area (Å²) in [5.74, 6) is 5.45. The van der Waals surface area contributed by atoms with Crippen LogP contribution >= 0.6 is 11.6 Å². The summed E-state index contributed by atoms with van der Waals surface area (Å²) in [6, 6.07) is 5.32. The Bertz CT molecular complexity index is 1080. The first-order chi connectivity index (χ1) is 11.0. The van der Waals surface area contributed by atoms with Crippen molar-refractivity contribution in [2.75, 3.05) is 0 Å². The SMILES string of the molecule is CC#CCn1nc2c(=O)n(-c3ccc(C)c(Cl)c3)ccn2c1=O. The van der Waals surface area contributed by atoms with Gasteiger partial charge in [0.25, 0.3) is 0 Å². The maximum absolute atomic E-state index is 12.6. The first kappa shape index (κ1) is 15.1. The second kappa shape index (κ2) is 5.78. The van der Waals surface area contributed by atoms with E-state index in [0.29, 0.717) is 10.7 Å². The Labute approximate surface area is 136 Å². The molecule has 0 atom stereocenters. The van der Waals surface area contributed by atoms with Gasteiger partial charge in [0.2, 0.25) is 5.65 Å². The van der Waals surface area contributed by atoms with Gasteiger partial charge < -0.3 is 0 Å². The molecule has 3 rings (SSSR count). The molecule has 0 N–H and O–H groups in total. The van der Waals surface area contributed by atoms with Gasteiger partial charge in [-0.3, -0.25) is 9.36 Å². The van der Waals surface area contributed by atoms with E-state index in [-0.39, 0.29) is 12.2 Å². The number of aromatic nitrogens is 4. The van der Waals surface area contributed by atoms with Crippen LogP contribution in [-0.2, 0) is 6.54 Å². The molecule has 0 spiro atoms. The molecule has 0 aliphatic rings. The molecule has 0 saturated heterocycles. The summed E-state index contributed by atoms with van der Waals surface area (Å²) in [4.78, 5) is 24.8. The maximum atomic E-state index is 12.6. The normalized spacial score (nSPS) is 10.6. The zero-order valence-corrected chi connectivity index (χ0v) is 13.3. The van der Waals surface area contributed by atoms with E-state index in [1.807, 2.05) is 13.0 Å². The number of hydrogen-bond acceptors (Lipinski definition) is 3. The quantitative estimate of drug-likeness (QED) is 0.672. The van der Waals surface area contributed by atoms with E-state index in [0.717, 1.165) is 5.56 Å². The second-order valence-electron chi connectivity index (χ2n) is 4.97. The topological polar surface area (TPSA) is 61.3 Å². The lowest BCUT2D eigenvalue weighted by molar-refractivity contribution is 0.684. The Hall–Kier alpha value is -2.78. The molecule has 0 radical (unpaired) electrons. The number of rotatable bonds is 2. The first-order valence-corrected chi connectivity index (χ1v) is 7.27. The van der Waals surface area contributed by atoms with Crippen LogP contribution in [-0.4, -0.2) is 18.7 Å². The molecule has 2 heterocycles. The van der Waals surface area contributed by atoms with Crippen LogP contribution in [0.2, 0.25) is 5.02 Å². The molecule has 7 heteroatoms. The molecule has 23 heavy (non-hydrogen) atoms. The molecule has 3 aromatic rings. The minimum atomic E-state index is -0.396. The lowest BCUT2D eigenvalue weighted by atomic mass is 10.2. The predicted octanol–water partition coefficient (Wildman–Crippen LogP) is 1.63. The third kappa shape index (κ3) is 2.56. The van der Waals surface area contributed by atoms with Crippen molar-refractivity contribution in [1.29, 1.82) is 0 Å². The fraction of sp³-hybridized carbons (Fsp3) is 0.188. The molecule has 0 bridgehead atoms. The summed E-state index contributed by atoms with van der Waals surface area (Å²) in [5, 5.41) is 4.64. The highest BCUT2D eigenvalue weighted by Crippen LogP contribution is 2.18. The van der Waals surface area contributed by atoms with E-state index in [4.69, 9.17) is 11.6 Å². The number of nitrogens with zero attached hydrogens (tertiary/aromatic N) is 4. The van der Waals surface area contributed by atoms with E-state index in [9.17, 15) is 9.59 Å². The number of fused-ring (bicyclic) bond motifs is 1. The number of halogens is 1. The highest BCUT2D eigenvalue weighted by Gasteiger charge is 2.12. The van der Waals surface area contributed by atoms with Gasteiger partial charge in [-0.1, -0.05) is 23.6 Å².